The van der Waals surface area contributed by atoms with Crippen molar-refractivity contribution in [3.8, 4) is 0 Å². The van der Waals surface area contributed by atoms with Crippen LogP contribution in [-0.4, -0.2) is 43.8 Å². The predicted octanol–water partition coefficient (Wildman–Crippen LogP) is 3.03. The zero-order chi connectivity index (χ0) is 18.0. The highest BCUT2D eigenvalue weighted by Crippen LogP contribution is 2.24. The van der Waals surface area contributed by atoms with Crippen LogP contribution >= 0.6 is 0 Å². The average molecular weight is 366 g/mol. The fourth-order valence-corrected chi connectivity index (χ4v) is 4.46. The third kappa shape index (κ3) is 3.89. The highest BCUT2D eigenvalue weighted by atomic mass is 32.2. The molecule has 1 aliphatic rings. The van der Waals surface area contributed by atoms with Gasteiger partial charge in [0.15, 0.2) is 0 Å². The first-order valence-corrected chi connectivity index (χ1v) is 9.57. The lowest BCUT2D eigenvalue weighted by atomic mass is 10.1. The molecule has 0 spiro atoms. The minimum absolute atomic E-state index is 0.0799. The zero-order valence-corrected chi connectivity index (χ0v) is 14.7. The molecule has 0 unspecified atom stereocenters. The monoisotopic (exact) mass is 366 g/mol. The zero-order valence-electron chi connectivity index (χ0n) is 13.9. The van der Waals surface area contributed by atoms with E-state index in [2.05, 4.69) is 4.90 Å². The number of hydrogen-bond acceptors (Lipinski definition) is 3. The van der Waals surface area contributed by atoms with Gasteiger partial charge < -0.3 is 0 Å². The van der Waals surface area contributed by atoms with E-state index in [4.69, 9.17) is 0 Å². The average Bonchev–Trinajstić information content (AvgIpc) is 2.62. The van der Waals surface area contributed by atoms with Crippen LogP contribution in [0, 0.1) is 11.6 Å². The highest BCUT2D eigenvalue weighted by molar-refractivity contribution is 7.89. The number of nitrogens with zero attached hydrogens (tertiary/aromatic N) is 2. The summed E-state index contributed by atoms with van der Waals surface area (Å²) in [6.07, 6.45) is 0. The lowest BCUT2D eigenvalue weighted by molar-refractivity contribution is 0.146. The highest BCUT2D eigenvalue weighted by Gasteiger charge is 2.30. The Morgan fingerprint density at radius 2 is 1.32 bits per heavy atom. The molecule has 4 nitrogen and oxygen atoms in total. The summed E-state index contributed by atoms with van der Waals surface area (Å²) < 4.78 is 52.7. The normalized spacial score (nSPS) is 18.2. The van der Waals surface area contributed by atoms with Gasteiger partial charge in [0.25, 0.3) is 0 Å². The third-order valence-corrected chi connectivity index (χ3v) is 6.54. The number of sulfonamides is 1. The summed E-state index contributed by atoms with van der Waals surface area (Å²) in [6, 6.07) is 11.3. The van der Waals surface area contributed by atoms with Gasteiger partial charge in [0.1, 0.15) is 11.6 Å². The van der Waals surface area contributed by atoms with E-state index in [1.165, 1.54) is 28.6 Å². The minimum atomic E-state index is -3.61. The summed E-state index contributed by atoms with van der Waals surface area (Å²) >= 11 is 0. The number of benzene rings is 2. The Bertz CT molecular complexity index is 815. The van der Waals surface area contributed by atoms with E-state index in [1.807, 2.05) is 6.92 Å². The first kappa shape index (κ1) is 18.0. The summed E-state index contributed by atoms with van der Waals surface area (Å²) in [7, 11) is -3.61. The van der Waals surface area contributed by atoms with Crippen molar-refractivity contribution in [3.05, 3.63) is 65.7 Å². The van der Waals surface area contributed by atoms with Gasteiger partial charge in [-0.2, -0.15) is 4.31 Å². The maximum atomic E-state index is 13.1. The van der Waals surface area contributed by atoms with Crippen molar-refractivity contribution in [1.29, 1.82) is 0 Å². The molecule has 134 valence electrons. The lowest BCUT2D eigenvalue weighted by Crippen LogP contribution is -2.49. The maximum Gasteiger partial charge on any atom is 0.243 e. The standard InChI is InChI=1S/C18H20F2N2O2S/c1-14(15-2-4-16(19)5-3-15)21-10-12-22(13-11-21)25(23,24)18-8-6-17(20)7-9-18/h2-9,14H,10-13H2,1H3/t14-/m0/s1. The molecule has 0 saturated carbocycles. The van der Waals surface area contributed by atoms with Crippen LogP contribution in [0.1, 0.15) is 18.5 Å². The van der Waals surface area contributed by atoms with Crippen LogP contribution in [0.2, 0.25) is 0 Å². The molecular weight excluding hydrogens is 346 g/mol. The minimum Gasteiger partial charge on any atom is -0.294 e. The lowest BCUT2D eigenvalue weighted by Gasteiger charge is -2.37. The van der Waals surface area contributed by atoms with Gasteiger partial charge in [-0.1, -0.05) is 12.1 Å². The van der Waals surface area contributed by atoms with Crippen LogP contribution in [0.3, 0.4) is 0 Å². The van der Waals surface area contributed by atoms with Crippen molar-refractivity contribution in [2.24, 2.45) is 0 Å². The van der Waals surface area contributed by atoms with Crippen LogP contribution < -0.4 is 0 Å². The van der Waals surface area contributed by atoms with Crippen molar-refractivity contribution in [3.63, 3.8) is 0 Å². The molecular formula is C18H20F2N2O2S. The van der Waals surface area contributed by atoms with E-state index >= 15 is 0 Å². The molecule has 0 bridgehead atoms. The van der Waals surface area contributed by atoms with Gasteiger partial charge in [-0.3, -0.25) is 4.90 Å². The van der Waals surface area contributed by atoms with Gasteiger partial charge in [-0.25, -0.2) is 17.2 Å². The van der Waals surface area contributed by atoms with E-state index in [0.717, 1.165) is 17.7 Å². The number of piperazine rings is 1. The van der Waals surface area contributed by atoms with E-state index < -0.39 is 15.8 Å². The molecule has 0 amide bonds. The van der Waals surface area contributed by atoms with Crippen molar-refractivity contribution in [2.75, 3.05) is 26.2 Å². The van der Waals surface area contributed by atoms with E-state index in [0.29, 0.717) is 26.2 Å². The summed E-state index contributed by atoms with van der Waals surface area (Å²) in [5, 5.41) is 0. The first-order valence-electron chi connectivity index (χ1n) is 8.13. The van der Waals surface area contributed by atoms with E-state index in [9.17, 15) is 17.2 Å². The predicted molar refractivity (Wildman–Crippen MR) is 91.5 cm³/mol. The number of halogens is 2. The SMILES string of the molecule is C[C@@H](c1ccc(F)cc1)N1CCN(S(=O)(=O)c2ccc(F)cc2)CC1. The summed E-state index contributed by atoms with van der Waals surface area (Å²) in [4.78, 5) is 2.28. The van der Waals surface area contributed by atoms with Crippen molar-refractivity contribution < 1.29 is 17.2 Å². The Labute approximate surface area is 146 Å². The number of rotatable bonds is 4. The summed E-state index contributed by atoms with van der Waals surface area (Å²) in [5.41, 5.74) is 0.997. The summed E-state index contributed by atoms with van der Waals surface area (Å²) in [6.45, 7) is 3.92. The molecule has 0 aliphatic carbocycles. The fourth-order valence-electron chi connectivity index (χ4n) is 3.04. The smallest absolute Gasteiger partial charge is 0.243 e. The molecule has 7 heteroatoms. The molecule has 0 radical (unpaired) electrons. The Kier molecular flexibility index (Phi) is 5.17. The van der Waals surface area contributed by atoms with Crippen LogP contribution in [0.15, 0.2) is 53.4 Å². The fraction of sp³-hybridized carbons (Fsp3) is 0.333. The van der Waals surface area contributed by atoms with E-state index in [-0.39, 0.29) is 16.8 Å². The van der Waals surface area contributed by atoms with Crippen molar-refractivity contribution in [1.82, 2.24) is 9.21 Å². The molecule has 0 N–H and O–H groups in total. The van der Waals surface area contributed by atoms with Gasteiger partial charge in [-0.15, -0.1) is 0 Å². The molecule has 2 aromatic rings. The molecule has 2 aromatic carbocycles. The van der Waals surface area contributed by atoms with Crippen molar-refractivity contribution in [2.45, 2.75) is 17.9 Å². The molecule has 3 rings (SSSR count). The van der Waals surface area contributed by atoms with Crippen LogP contribution in [-0.2, 0) is 10.0 Å². The summed E-state index contributed by atoms with van der Waals surface area (Å²) in [5.74, 6) is -0.733. The molecule has 1 saturated heterocycles. The van der Waals surface area contributed by atoms with Gasteiger partial charge in [0, 0.05) is 32.2 Å². The second-order valence-electron chi connectivity index (χ2n) is 6.12. The Morgan fingerprint density at radius 1 is 0.840 bits per heavy atom. The van der Waals surface area contributed by atoms with Gasteiger partial charge >= 0.3 is 0 Å². The molecule has 25 heavy (non-hydrogen) atoms. The van der Waals surface area contributed by atoms with Crippen molar-refractivity contribution >= 4 is 10.0 Å². The first-order chi connectivity index (χ1) is 11.9. The van der Waals surface area contributed by atoms with E-state index in [1.54, 1.807) is 12.1 Å². The topological polar surface area (TPSA) is 40.6 Å². The molecule has 1 heterocycles. The Balaban J connectivity index is 1.67. The van der Waals surface area contributed by atoms with Crippen LogP contribution in [0.25, 0.3) is 0 Å². The Hall–Kier alpha value is -1.83. The largest absolute Gasteiger partial charge is 0.294 e. The van der Waals surface area contributed by atoms with Crippen LogP contribution in [0.4, 0.5) is 8.78 Å². The van der Waals surface area contributed by atoms with Crippen LogP contribution in [0.5, 0.6) is 0 Å². The second-order valence-corrected chi connectivity index (χ2v) is 8.06. The molecule has 0 aromatic heterocycles. The Morgan fingerprint density at radius 3 is 1.84 bits per heavy atom. The quantitative estimate of drug-likeness (QED) is 0.835. The molecule has 1 aliphatic heterocycles. The van der Waals surface area contributed by atoms with Gasteiger partial charge in [-0.05, 0) is 48.9 Å². The number of hydrogen-bond donors (Lipinski definition) is 0. The molecule has 1 atom stereocenters. The third-order valence-electron chi connectivity index (χ3n) is 4.62. The van der Waals surface area contributed by atoms with Gasteiger partial charge in [0.05, 0.1) is 4.90 Å². The van der Waals surface area contributed by atoms with Gasteiger partial charge in [0.2, 0.25) is 10.0 Å². The molecule has 1 fully saturated rings. The maximum absolute atomic E-state index is 13.1. The second kappa shape index (κ2) is 7.19.